The van der Waals surface area contributed by atoms with E-state index in [-0.39, 0.29) is 36.7 Å². The predicted octanol–water partition coefficient (Wildman–Crippen LogP) is 3.05. The number of benzene rings is 1. The highest BCUT2D eigenvalue weighted by molar-refractivity contribution is 6.24. The first-order chi connectivity index (χ1) is 23.8. The normalized spacial score (nSPS) is 20.5. The number of aryl methyl sites for hydroxylation is 1. The maximum absolute atomic E-state index is 13.3. The number of fused-ring (bicyclic) bond motifs is 2. The van der Waals surface area contributed by atoms with Crippen molar-refractivity contribution in [2.75, 3.05) is 43.6 Å². The summed E-state index contributed by atoms with van der Waals surface area (Å²) in [5.74, 6) is -0.0637. The Morgan fingerprint density at radius 1 is 1.04 bits per heavy atom. The SMILES string of the molecule is C=C1NC(=O)CCC1N1C(=O)c2cccc(NCCOCCOCCC(=O)N[C@@H]3CC[C@@H](Nc4cc(CCC)nc5ccnn45)C3)c2C1=O. The van der Waals surface area contributed by atoms with Crippen LogP contribution in [-0.4, -0.2) is 94.2 Å². The Bertz CT molecular complexity index is 1720. The number of ether oxygens (including phenoxy) is 2. The molecule has 1 saturated heterocycles. The molecule has 4 amide bonds. The Hall–Kier alpha value is -4.82. The number of carbonyl (C=O) groups excluding carboxylic acids is 4. The lowest BCUT2D eigenvalue weighted by atomic mass is 10.0. The number of nitrogens with zero attached hydrogens (tertiary/aromatic N) is 4. The number of carbonyl (C=O) groups is 4. The summed E-state index contributed by atoms with van der Waals surface area (Å²) >= 11 is 0. The van der Waals surface area contributed by atoms with Crippen molar-refractivity contribution in [1.29, 1.82) is 0 Å². The number of anilines is 2. The van der Waals surface area contributed by atoms with Crippen LogP contribution >= 0.6 is 0 Å². The summed E-state index contributed by atoms with van der Waals surface area (Å²) in [7, 11) is 0. The van der Waals surface area contributed by atoms with E-state index in [1.165, 1.54) is 4.90 Å². The van der Waals surface area contributed by atoms with Gasteiger partial charge in [-0.15, -0.1) is 0 Å². The van der Waals surface area contributed by atoms with E-state index in [2.05, 4.69) is 50.9 Å². The fraction of sp³-hybridized carbons (Fsp3) is 0.486. The quantitative estimate of drug-likeness (QED) is 0.131. The van der Waals surface area contributed by atoms with Crippen molar-refractivity contribution < 1.29 is 28.7 Å². The molecule has 14 nitrogen and oxygen atoms in total. The molecule has 1 unspecified atom stereocenters. The fourth-order valence-corrected chi connectivity index (χ4v) is 6.74. The lowest BCUT2D eigenvalue weighted by molar-refractivity contribution is -0.123. The van der Waals surface area contributed by atoms with E-state index in [4.69, 9.17) is 9.47 Å². The zero-order valence-corrected chi connectivity index (χ0v) is 27.8. The van der Waals surface area contributed by atoms with Gasteiger partial charge < -0.3 is 30.7 Å². The van der Waals surface area contributed by atoms with Crippen molar-refractivity contribution in [2.45, 2.75) is 76.4 Å². The van der Waals surface area contributed by atoms with Gasteiger partial charge in [-0.25, -0.2) is 4.98 Å². The van der Waals surface area contributed by atoms with Crippen molar-refractivity contribution >= 4 is 40.8 Å². The van der Waals surface area contributed by atoms with Crippen LogP contribution in [0.1, 0.15) is 78.3 Å². The van der Waals surface area contributed by atoms with Gasteiger partial charge in [-0.1, -0.05) is 26.0 Å². The van der Waals surface area contributed by atoms with Crippen molar-refractivity contribution in [3.05, 3.63) is 65.6 Å². The minimum atomic E-state index is -0.573. The van der Waals surface area contributed by atoms with Gasteiger partial charge in [0.25, 0.3) is 11.8 Å². The minimum Gasteiger partial charge on any atom is -0.382 e. The third-order valence-electron chi connectivity index (χ3n) is 9.08. The first-order valence-electron chi connectivity index (χ1n) is 17.1. The highest BCUT2D eigenvalue weighted by atomic mass is 16.5. The summed E-state index contributed by atoms with van der Waals surface area (Å²) in [6.45, 7) is 7.76. The van der Waals surface area contributed by atoms with Crippen LogP contribution < -0.4 is 21.3 Å². The number of hydrogen-bond donors (Lipinski definition) is 4. The van der Waals surface area contributed by atoms with Gasteiger partial charge in [-0.2, -0.15) is 9.61 Å². The molecule has 6 rings (SSSR count). The van der Waals surface area contributed by atoms with Crippen LogP contribution in [0.25, 0.3) is 5.65 Å². The summed E-state index contributed by atoms with van der Waals surface area (Å²) < 4.78 is 13.1. The van der Waals surface area contributed by atoms with E-state index >= 15 is 0 Å². The van der Waals surface area contributed by atoms with Crippen LogP contribution in [0.15, 0.2) is 48.8 Å². The summed E-state index contributed by atoms with van der Waals surface area (Å²) in [5.41, 5.74) is 3.42. The highest BCUT2D eigenvalue weighted by Crippen LogP contribution is 2.33. The average Bonchev–Trinajstić information content (AvgIpc) is 3.79. The summed E-state index contributed by atoms with van der Waals surface area (Å²) in [5, 5.41) is 17.0. The third-order valence-corrected chi connectivity index (χ3v) is 9.08. The molecule has 14 heteroatoms. The molecule has 2 fully saturated rings. The van der Waals surface area contributed by atoms with Gasteiger partial charge >= 0.3 is 0 Å². The molecule has 4 N–H and O–H groups in total. The van der Waals surface area contributed by atoms with Crippen LogP contribution in [0, 0.1) is 0 Å². The molecule has 1 aromatic carbocycles. The van der Waals surface area contributed by atoms with Crippen LogP contribution in [0.2, 0.25) is 0 Å². The van der Waals surface area contributed by atoms with E-state index in [0.29, 0.717) is 61.9 Å². The fourth-order valence-electron chi connectivity index (χ4n) is 6.74. The molecule has 0 bridgehead atoms. The lowest BCUT2D eigenvalue weighted by Crippen LogP contribution is -2.48. The van der Waals surface area contributed by atoms with Crippen LogP contribution in [-0.2, 0) is 25.5 Å². The van der Waals surface area contributed by atoms with Gasteiger partial charge in [0.2, 0.25) is 11.8 Å². The molecule has 1 saturated carbocycles. The third kappa shape index (κ3) is 7.92. The highest BCUT2D eigenvalue weighted by Gasteiger charge is 2.43. The molecule has 3 atom stereocenters. The lowest BCUT2D eigenvalue weighted by Gasteiger charge is -2.31. The molecule has 49 heavy (non-hydrogen) atoms. The molecule has 3 aromatic rings. The Kier molecular flexibility index (Phi) is 10.8. The van der Waals surface area contributed by atoms with Crippen LogP contribution in [0.3, 0.4) is 0 Å². The summed E-state index contributed by atoms with van der Waals surface area (Å²) in [4.78, 5) is 56.5. The van der Waals surface area contributed by atoms with Gasteiger partial charge in [-0.05, 0) is 44.2 Å². The Balaban J connectivity index is 0.849. The number of hydrogen-bond acceptors (Lipinski definition) is 10. The first-order valence-corrected chi connectivity index (χ1v) is 17.1. The molecular weight excluding hydrogens is 628 g/mol. The average molecular weight is 673 g/mol. The van der Waals surface area contributed by atoms with Gasteiger partial charge in [0, 0.05) is 60.7 Å². The Morgan fingerprint density at radius 2 is 1.86 bits per heavy atom. The molecule has 3 aliphatic rings. The molecule has 2 aromatic heterocycles. The minimum absolute atomic E-state index is 0.0288. The van der Waals surface area contributed by atoms with E-state index in [9.17, 15) is 19.2 Å². The maximum Gasteiger partial charge on any atom is 0.264 e. The maximum atomic E-state index is 13.3. The molecule has 1 aliphatic carbocycles. The van der Waals surface area contributed by atoms with E-state index in [0.717, 1.165) is 49.3 Å². The zero-order valence-electron chi connectivity index (χ0n) is 27.8. The monoisotopic (exact) mass is 672 g/mol. The summed E-state index contributed by atoms with van der Waals surface area (Å²) in [6.07, 6.45) is 7.25. The van der Waals surface area contributed by atoms with Crippen molar-refractivity contribution in [3.8, 4) is 0 Å². The van der Waals surface area contributed by atoms with E-state index in [1.54, 1.807) is 24.4 Å². The molecule has 0 radical (unpaired) electrons. The van der Waals surface area contributed by atoms with Gasteiger partial charge in [0.15, 0.2) is 5.65 Å². The van der Waals surface area contributed by atoms with Crippen molar-refractivity contribution in [1.82, 2.24) is 30.1 Å². The van der Waals surface area contributed by atoms with Crippen LogP contribution in [0.5, 0.6) is 0 Å². The van der Waals surface area contributed by atoms with Gasteiger partial charge in [0.05, 0.1) is 49.8 Å². The number of nitrogens with one attached hydrogen (secondary N) is 4. The second-order valence-corrected chi connectivity index (χ2v) is 12.6. The van der Waals surface area contributed by atoms with Gasteiger partial charge in [0.1, 0.15) is 5.82 Å². The van der Waals surface area contributed by atoms with Crippen molar-refractivity contribution in [2.24, 2.45) is 0 Å². The molecular formula is C35H44N8O6. The van der Waals surface area contributed by atoms with E-state index < -0.39 is 17.9 Å². The summed E-state index contributed by atoms with van der Waals surface area (Å²) in [6, 6.07) is 8.87. The van der Waals surface area contributed by atoms with Crippen LogP contribution in [0.4, 0.5) is 11.5 Å². The smallest absolute Gasteiger partial charge is 0.264 e. The number of aromatic nitrogens is 3. The topological polar surface area (TPSA) is 168 Å². The Morgan fingerprint density at radius 3 is 2.67 bits per heavy atom. The van der Waals surface area contributed by atoms with Gasteiger partial charge in [-0.3, -0.25) is 24.1 Å². The predicted molar refractivity (Wildman–Crippen MR) is 182 cm³/mol. The largest absolute Gasteiger partial charge is 0.382 e. The molecule has 260 valence electrons. The van der Waals surface area contributed by atoms with Crippen molar-refractivity contribution in [3.63, 3.8) is 0 Å². The number of rotatable bonds is 16. The van der Waals surface area contributed by atoms with E-state index in [1.807, 2.05) is 10.6 Å². The standard InChI is InChI=1S/C35H44N8O6/c1-3-5-23-21-30(43-29(39-23)12-14-37-43)40-24-8-9-25(20-24)41-32(45)13-16-48-18-19-49-17-15-36-27-7-4-6-26-33(27)35(47)42(34(26)46)28-10-11-31(44)38-22(28)2/h4,6-7,12,14,21,24-25,28,36,40H,2-3,5,8-11,13,15-20H2,1H3,(H,38,44)(H,41,45)/t24-,25-,28?/m1/s1. The molecule has 0 spiro atoms. The number of piperidine rings is 1. The number of amides is 4. The Labute approximate surface area is 285 Å². The first kappa shape index (κ1) is 34.1. The zero-order chi connectivity index (χ0) is 34.3. The second-order valence-electron chi connectivity index (χ2n) is 12.6. The molecule has 2 aliphatic heterocycles. The second kappa shape index (κ2) is 15.6. The number of imide groups is 1. The molecule has 4 heterocycles.